The lowest BCUT2D eigenvalue weighted by atomic mass is 9.78. The fraction of sp³-hybridized carbons (Fsp3) is 0.625. The smallest absolute Gasteiger partial charge is 0.125 e. The molecule has 3 heteroatoms. The number of aliphatic hydroxyl groups excluding tert-OH is 1. The van der Waals surface area contributed by atoms with Crippen molar-refractivity contribution in [2.75, 3.05) is 0 Å². The predicted octanol–water partition coefficient (Wildman–Crippen LogP) is 4.46. The largest absolute Gasteiger partial charge is 0.490 e. The molecule has 2 aliphatic rings. The van der Waals surface area contributed by atoms with E-state index in [1.807, 2.05) is 18.2 Å². The Bertz CT molecular complexity index is 452. The number of fused-ring (bicyclic) bond motifs is 1. The van der Waals surface area contributed by atoms with E-state index in [9.17, 15) is 5.11 Å². The van der Waals surface area contributed by atoms with Gasteiger partial charge in [0.15, 0.2) is 0 Å². The van der Waals surface area contributed by atoms with Gasteiger partial charge in [0.05, 0.1) is 6.10 Å². The number of rotatable bonds is 1. The molecule has 3 rings (SSSR count). The molecule has 0 amide bonds. The first-order valence-corrected chi connectivity index (χ1v) is 8.07. The molecule has 0 aromatic heterocycles. The van der Waals surface area contributed by atoms with Crippen molar-refractivity contribution in [1.29, 1.82) is 0 Å². The molecule has 1 aromatic carbocycles. The molecule has 19 heavy (non-hydrogen) atoms. The third kappa shape index (κ3) is 2.82. The summed E-state index contributed by atoms with van der Waals surface area (Å²) in [7, 11) is 0. The first kappa shape index (κ1) is 13.4. The Kier molecular flexibility index (Phi) is 3.86. The van der Waals surface area contributed by atoms with E-state index < -0.39 is 0 Å². The highest BCUT2D eigenvalue weighted by Gasteiger charge is 2.34. The van der Waals surface area contributed by atoms with Crippen LogP contribution < -0.4 is 4.74 Å². The fourth-order valence-corrected chi connectivity index (χ4v) is 3.77. The number of hydrogen-bond acceptors (Lipinski definition) is 2. The van der Waals surface area contributed by atoms with Gasteiger partial charge in [-0.05, 0) is 42.9 Å². The third-order valence-electron chi connectivity index (χ3n) is 4.65. The summed E-state index contributed by atoms with van der Waals surface area (Å²) in [5, 5.41) is 10.3. The molecular formula is C16H21BrO2. The molecule has 1 aromatic rings. The van der Waals surface area contributed by atoms with E-state index >= 15 is 0 Å². The van der Waals surface area contributed by atoms with Gasteiger partial charge in [-0.2, -0.15) is 0 Å². The molecule has 0 spiro atoms. The van der Waals surface area contributed by atoms with Gasteiger partial charge in [-0.15, -0.1) is 0 Å². The van der Waals surface area contributed by atoms with Crippen molar-refractivity contribution in [3.63, 3.8) is 0 Å². The van der Waals surface area contributed by atoms with Gasteiger partial charge in [0.2, 0.25) is 0 Å². The minimum Gasteiger partial charge on any atom is -0.490 e. The molecule has 0 saturated heterocycles. The van der Waals surface area contributed by atoms with Gasteiger partial charge < -0.3 is 9.84 Å². The summed E-state index contributed by atoms with van der Waals surface area (Å²) >= 11 is 3.45. The topological polar surface area (TPSA) is 29.5 Å². The van der Waals surface area contributed by atoms with Crippen LogP contribution in [0.25, 0.3) is 0 Å². The summed E-state index contributed by atoms with van der Waals surface area (Å²) in [6, 6.07) is 5.93. The molecule has 1 fully saturated rings. The second kappa shape index (κ2) is 5.45. The van der Waals surface area contributed by atoms with Crippen LogP contribution in [0, 0.1) is 11.8 Å². The lowest BCUT2D eigenvalue weighted by Gasteiger charge is -2.37. The van der Waals surface area contributed by atoms with E-state index in [-0.39, 0.29) is 12.2 Å². The van der Waals surface area contributed by atoms with E-state index in [0.717, 1.165) is 28.1 Å². The summed E-state index contributed by atoms with van der Waals surface area (Å²) in [6.07, 6.45) is 5.63. The maximum atomic E-state index is 10.3. The fourth-order valence-electron chi connectivity index (χ4n) is 3.39. The van der Waals surface area contributed by atoms with E-state index in [4.69, 9.17) is 4.74 Å². The van der Waals surface area contributed by atoms with Crippen molar-refractivity contribution in [3.05, 3.63) is 28.2 Å². The maximum absolute atomic E-state index is 10.3. The molecule has 1 N–H and O–H groups in total. The van der Waals surface area contributed by atoms with Crippen molar-refractivity contribution >= 4 is 15.9 Å². The van der Waals surface area contributed by atoms with Gasteiger partial charge >= 0.3 is 0 Å². The Balaban J connectivity index is 1.75. The first-order valence-electron chi connectivity index (χ1n) is 7.27. The highest BCUT2D eigenvalue weighted by molar-refractivity contribution is 9.10. The Hall–Kier alpha value is -0.540. The van der Waals surface area contributed by atoms with E-state index in [1.165, 1.54) is 25.7 Å². The molecular weight excluding hydrogens is 304 g/mol. The van der Waals surface area contributed by atoms with Crippen LogP contribution >= 0.6 is 15.9 Å². The number of ether oxygens (including phenoxy) is 1. The first-order chi connectivity index (χ1) is 9.13. The van der Waals surface area contributed by atoms with Gasteiger partial charge in [0.1, 0.15) is 11.9 Å². The van der Waals surface area contributed by atoms with Gasteiger partial charge in [0.25, 0.3) is 0 Å². The summed E-state index contributed by atoms with van der Waals surface area (Å²) in [5.74, 6) is 2.33. The molecule has 0 bridgehead atoms. The average Bonchev–Trinajstić information content (AvgIpc) is 2.40. The minimum absolute atomic E-state index is 0.191. The summed E-state index contributed by atoms with van der Waals surface area (Å²) in [5.41, 5.74) is 0.926. The van der Waals surface area contributed by atoms with Crippen LogP contribution in [0.5, 0.6) is 5.75 Å². The van der Waals surface area contributed by atoms with E-state index in [2.05, 4.69) is 22.9 Å². The Morgan fingerprint density at radius 1 is 1.21 bits per heavy atom. The van der Waals surface area contributed by atoms with Crippen LogP contribution in [0.1, 0.15) is 50.7 Å². The van der Waals surface area contributed by atoms with Crippen LogP contribution in [0.3, 0.4) is 0 Å². The lowest BCUT2D eigenvalue weighted by Crippen LogP contribution is -2.34. The number of benzene rings is 1. The highest BCUT2D eigenvalue weighted by atomic mass is 79.9. The third-order valence-corrected chi connectivity index (χ3v) is 5.14. The lowest BCUT2D eigenvalue weighted by molar-refractivity contribution is 0.0194. The SMILES string of the molecule is CC1CCC(C2C[C@H](O)c3cc(Br)ccc3O2)CC1. The molecule has 2 atom stereocenters. The van der Waals surface area contributed by atoms with Crippen molar-refractivity contribution in [3.8, 4) is 5.75 Å². The van der Waals surface area contributed by atoms with Crippen LogP contribution in [-0.4, -0.2) is 11.2 Å². The molecule has 104 valence electrons. The Morgan fingerprint density at radius 2 is 1.95 bits per heavy atom. The highest BCUT2D eigenvalue weighted by Crippen LogP contribution is 2.41. The monoisotopic (exact) mass is 324 g/mol. The number of halogens is 1. The summed E-state index contributed by atoms with van der Waals surface area (Å²) < 4.78 is 7.15. The van der Waals surface area contributed by atoms with Crippen LogP contribution in [0.2, 0.25) is 0 Å². The van der Waals surface area contributed by atoms with Crippen LogP contribution in [0.15, 0.2) is 22.7 Å². The number of aliphatic hydroxyl groups is 1. The van der Waals surface area contributed by atoms with Gasteiger partial charge in [0, 0.05) is 16.5 Å². The second-order valence-electron chi connectivity index (χ2n) is 6.11. The van der Waals surface area contributed by atoms with E-state index in [0.29, 0.717) is 5.92 Å². The van der Waals surface area contributed by atoms with Crippen LogP contribution in [0.4, 0.5) is 0 Å². The predicted molar refractivity (Wildman–Crippen MR) is 79.3 cm³/mol. The molecule has 1 unspecified atom stereocenters. The second-order valence-corrected chi connectivity index (χ2v) is 7.03. The molecule has 1 aliphatic carbocycles. The minimum atomic E-state index is -0.384. The molecule has 1 aliphatic heterocycles. The van der Waals surface area contributed by atoms with Crippen molar-refractivity contribution in [2.45, 2.75) is 51.2 Å². The Labute approximate surface area is 123 Å². The molecule has 1 saturated carbocycles. The zero-order chi connectivity index (χ0) is 13.4. The molecule has 0 radical (unpaired) electrons. The maximum Gasteiger partial charge on any atom is 0.125 e. The van der Waals surface area contributed by atoms with Crippen molar-refractivity contribution in [1.82, 2.24) is 0 Å². The zero-order valence-corrected chi connectivity index (χ0v) is 12.9. The normalized spacial score (nSPS) is 34.5. The Morgan fingerprint density at radius 3 is 2.68 bits per heavy atom. The molecule has 2 nitrogen and oxygen atoms in total. The van der Waals surface area contributed by atoms with Gasteiger partial charge in [-0.1, -0.05) is 35.7 Å². The summed E-state index contributed by atoms with van der Waals surface area (Å²) in [6.45, 7) is 2.33. The van der Waals surface area contributed by atoms with Gasteiger partial charge in [-0.25, -0.2) is 0 Å². The quantitative estimate of drug-likeness (QED) is 0.826. The summed E-state index contributed by atoms with van der Waals surface area (Å²) in [4.78, 5) is 0. The van der Waals surface area contributed by atoms with Crippen LogP contribution in [-0.2, 0) is 0 Å². The van der Waals surface area contributed by atoms with Gasteiger partial charge in [-0.3, -0.25) is 0 Å². The standard InChI is InChI=1S/C16H21BrO2/c1-10-2-4-11(5-3-10)16-9-14(18)13-8-12(17)6-7-15(13)19-16/h6-8,10-11,14,16,18H,2-5,9H2,1H3/t10?,11?,14-,16?/m0/s1. The van der Waals surface area contributed by atoms with Crippen molar-refractivity contribution in [2.24, 2.45) is 11.8 Å². The van der Waals surface area contributed by atoms with Crippen molar-refractivity contribution < 1.29 is 9.84 Å². The van der Waals surface area contributed by atoms with E-state index in [1.54, 1.807) is 0 Å². The molecule has 1 heterocycles. The average molecular weight is 325 g/mol. The number of hydrogen-bond donors (Lipinski definition) is 1. The zero-order valence-electron chi connectivity index (χ0n) is 11.3.